The van der Waals surface area contributed by atoms with Gasteiger partial charge in [-0.1, -0.05) is 6.92 Å². The Morgan fingerprint density at radius 3 is 3.06 bits per heavy atom. The Morgan fingerprint density at radius 1 is 1.59 bits per heavy atom. The predicted molar refractivity (Wildman–Crippen MR) is 70.1 cm³/mol. The van der Waals surface area contributed by atoms with Crippen LogP contribution in [0, 0.1) is 0 Å². The smallest absolute Gasteiger partial charge is 0.0522 e. The highest BCUT2D eigenvalue weighted by molar-refractivity contribution is 5.04. The molecule has 4 nitrogen and oxygen atoms in total. The maximum atomic E-state index is 4.21. The molecule has 0 bridgehead atoms. The summed E-state index contributed by atoms with van der Waals surface area (Å²) >= 11 is 0. The van der Waals surface area contributed by atoms with Crippen LogP contribution in [-0.2, 0) is 13.5 Å². The van der Waals surface area contributed by atoms with Crippen molar-refractivity contribution in [3.8, 4) is 0 Å². The van der Waals surface area contributed by atoms with Crippen LogP contribution in [0.15, 0.2) is 12.4 Å². The van der Waals surface area contributed by atoms with E-state index in [-0.39, 0.29) is 0 Å². The van der Waals surface area contributed by atoms with Crippen LogP contribution in [0.25, 0.3) is 0 Å². The molecule has 0 radical (unpaired) electrons. The number of likely N-dealkylation sites (N-methyl/N-ethyl adjacent to an activating group) is 1. The van der Waals surface area contributed by atoms with Crippen molar-refractivity contribution in [2.75, 3.05) is 26.2 Å². The Morgan fingerprint density at radius 2 is 2.47 bits per heavy atom. The Labute approximate surface area is 104 Å². The fourth-order valence-corrected chi connectivity index (χ4v) is 2.49. The molecule has 4 heteroatoms. The van der Waals surface area contributed by atoms with Crippen molar-refractivity contribution in [1.82, 2.24) is 20.0 Å². The molecule has 1 atom stereocenters. The van der Waals surface area contributed by atoms with Gasteiger partial charge in [-0.2, -0.15) is 5.10 Å². The highest BCUT2D eigenvalue weighted by Crippen LogP contribution is 2.08. The summed E-state index contributed by atoms with van der Waals surface area (Å²) in [6.07, 6.45) is 7.87. The number of aryl methyl sites for hydroxylation is 1. The summed E-state index contributed by atoms with van der Waals surface area (Å²) in [5, 5.41) is 7.78. The summed E-state index contributed by atoms with van der Waals surface area (Å²) in [5.41, 5.74) is 1.34. The Bertz CT molecular complexity index is 328. The number of rotatable bonds is 6. The monoisotopic (exact) mass is 236 g/mol. The Balaban J connectivity index is 1.74. The molecule has 1 aliphatic rings. The molecule has 1 saturated heterocycles. The van der Waals surface area contributed by atoms with Crippen molar-refractivity contribution in [1.29, 1.82) is 0 Å². The number of nitrogens with zero attached hydrogens (tertiary/aromatic N) is 3. The third-order valence-corrected chi connectivity index (χ3v) is 3.56. The van der Waals surface area contributed by atoms with E-state index in [0.29, 0.717) is 6.04 Å². The van der Waals surface area contributed by atoms with E-state index in [9.17, 15) is 0 Å². The van der Waals surface area contributed by atoms with Crippen LogP contribution >= 0.6 is 0 Å². The zero-order chi connectivity index (χ0) is 12.1. The molecular formula is C13H24N4. The molecular weight excluding hydrogens is 212 g/mol. The van der Waals surface area contributed by atoms with Gasteiger partial charge < -0.3 is 10.2 Å². The number of aromatic nitrogens is 2. The van der Waals surface area contributed by atoms with Crippen LogP contribution in [0.4, 0.5) is 0 Å². The molecule has 1 aromatic rings. The van der Waals surface area contributed by atoms with Crippen LogP contribution in [0.2, 0.25) is 0 Å². The fourth-order valence-electron chi connectivity index (χ4n) is 2.49. The van der Waals surface area contributed by atoms with Crippen LogP contribution in [0.1, 0.15) is 25.3 Å². The summed E-state index contributed by atoms with van der Waals surface area (Å²) in [6, 6.07) is 0.712. The minimum absolute atomic E-state index is 0.712. The van der Waals surface area contributed by atoms with Crippen LogP contribution in [0.3, 0.4) is 0 Å². The lowest BCUT2D eigenvalue weighted by molar-refractivity contribution is 0.264. The lowest BCUT2D eigenvalue weighted by atomic mass is 10.2. The van der Waals surface area contributed by atoms with E-state index in [1.807, 2.05) is 17.9 Å². The lowest BCUT2D eigenvalue weighted by Crippen LogP contribution is -2.38. The number of nitrogens with one attached hydrogen (secondary N) is 1. The van der Waals surface area contributed by atoms with Crippen molar-refractivity contribution in [3.63, 3.8) is 0 Å². The van der Waals surface area contributed by atoms with Gasteiger partial charge in [-0.05, 0) is 37.9 Å². The van der Waals surface area contributed by atoms with Crippen LogP contribution in [-0.4, -0.2) is 46.9 Å². The second-order valence-corrected chi connectivity index (χ2v) is 4.96. The molecule has 0 aromatic carbocycles. The molecule has 2 heterocycles. The summed E-state index contributed by atoms with van der Waals surface area (Å²) in [5.74, 6) is 0. The van der Waals surface area contributed by atoms with Gasteiger partial charge >= 0.3 is 0 Å². The molecule has 1 aromatic heterocycles. The van der Waals surface area contributed by atoms with Crippen molar-refractivity contribution >= 4 is 0 Å². The Kier molecular flexibility index (Phi) is 4.57. The zero-order valence-electron chi connectivity index (χ0n) is 11.0. The van der Waals surface area contributed by atoms with Crippen molar-refractivity contribution in [3.05, 3.63) is 18.0 Å². The molecule has 1 aliphatic heterocycles. The summed E-state index contributed by atoms with van der Waals surface area (Å²) in [6.45, 7) is 6.92. The second-order valence-electron chi connectivity index (χ2n) is 4.96. The molecule has 0 aliphatic carbocycles. The maximum Gasteiger partial charge on any atom is 0.0522 e. The third kappa shape index (κ3) is 3.82. The van der Waals surface area contributed by atoms with Gasteiger partial charge in [-0.25, -0.2) is 0 Å². The normalized spacial score (nSPS) is 20.3. The molecule has 0 amide bonds. The first-order valence-corrected chi connectivity index (χ1v) is 6.71. The van der Waals surface area contributed by atoms with Gasteiger partial charge in [0.2, 0.25) is 0 Å². The van der Waals surface area contributed by atoms with Gasteiger partial charge in [0.15, 0.2) is 0 Å². The van der Waals surface area contributed by atoms with E-state index in [1.54, 1.807) is 0 Å². The number of hydrogen-bond acceptors (Lipinski definition) is 3. The highest BCUT2D eigenvalue weighted by atomic mass is 15.2. The van der Waals surface area contributed by atoms with E-state index in [2.05, 4.69) is 28.4 Å². The molecule has 1 unspecified atom stereocenters. The van der Waals surface area contributed by atoms with E-state index in [0.717, 1.165) is 19.5 Å². The molecule has 17 heavy (non-hydrogen) atoms. The third-order valence-electron chi connectivity index (χ3n) is 3.56. The van der Waals surface area contributed by atoms with E-state index in [1.165, 1.54) is 31.5 Å². The minimum atomic E-state index is 0.712. The Hall–Kier alpha value is -0.870. The van der Waals surface area contributed by atoms with Gasteiger partial charge in [0.1, 0.15) is 0 Å². The van der Waals surface area contributed by atoms with E-state index in [4.69, 9.17) is 0 Å². The van der Waals surface area contributed by atoms with Gasteiger partial charge in [-0.15, -0.1) is 0 Å². The zero-order valence-corrected chi connectivity index (χ0v) is 11.0. The topological polar surface area (TPSA) is 33.1 Å². The number of hydrogen-bond donors (Lipinski definition) is 1. The minimum Gasteiger partial charge on any atom is -0.313 e. The molecule has 0 saturated carbocycles. The standard InChI is InChI=1S/C13H24N4/c1-3-17(11-13-5-4-7-14-13)8-6-12-9-15-16(2)10-12/h9-10,13-14H,3-8,11H2,1-2H3. The molecule has 96 valence electrons. The predicted octanol–water partition coefficient (Wildman–Crippen LogP) is 1.04. The second kappa shape index (κ2) is 6.17. The average Bonchev–Trinajstić information content (AvgIpc) is 2.96. The largest absolute Gasteiger partial charge is 0.313 e. The fraction of sp³-hybridized carbons (Fsp3) is 0.769. The van der Waals surface area contributed by atoms with Crippen molar-refractivity contribution in [2.45, 2.75) is 32.2 Å². The molecule has 1 N–H and O–H groups in total. The highest BCUT2D eigenvalue weighted by Gasteiger charge is 2.16. The van der Waals surface area contributed by atoms with Crippen LogP contribution < -0.4 is 5.32 Å². The van der Waals surface area contributed by atoms with E-state index < -0.39 is 0 Å². The summed E-state index contributed by atoms with van der Waals surface area (Å²) in [4.78, 5) is 2.54. The molecule has 2 rings (SSSR count). The first-order chi connectivity index (χ1) is 8.28. The quantitative estimate of drug-likeness (QED) is 0.801. The van der Waals surface area contributed by atoms with Crippen molar-refractivity contribution in [2.24, 2.45) is 7.05 Å². The maximum absolute atomic E-state index is 4.21. The van der Waals surface area contributed by atoms with Gasteiger partial charge in [0, 0.05) is 32.4 Å². The van der Waals surface area contributed by atoms with Crippen molar-refractivity contribution < 1.29 is 0 Å². The van der Waals surface area contributed by atoms with Gasteiger partial charge in [-0.3, -0.25) is 4.68 Å². The van der Waals surface area contributed by atoms with Gasteiger partial charge in [0.05, 0.1) is 6.20 Å². The first-order valence-electron chi connectivity index (χ1n) is 6.71. The molecule has 0 spiro atoms. The average molecular weight is 236 g/mol. The summed E-state index contributed by atoms with van der Waals surface area (Å²) in [7, 11) is 1.98. The van der Waals surface area contributed by atoms with Gasteiger partial charge in [0.25, 0.3) is 0 Å². The molecule has 1 fully saturated rings. The first kappa shape index (κ1) is 12.6. The SMILES string of the molecule is CCN(CCc1cnn(C)c1)CC1CCCN1. The summed E-state index contributed by atoms with van der Waals surface area (Å²) < 4.78 is 1.88. The van der Waals surface area contributed by atoms with E-state index >= 15 is 0 Å². The van der Waals surface area contributed by atoms with Crippen LogP contribution in [0.5, 0.6) is 0 Å². The lowest BCUT2D eigenvalue weighted by Gasteiger charge is -2.23.